The molecule has 1 aromatic rings. The lowest BCUT2D eigenvalue weighted by molar-refractivity contribution is -0.128. The van der Waals surface area contributed by atoms with Crippen LogP contribution >= 0.6 is 0 Å². The number of amides is 1. The van der Waals surface area contributed by atoms with E-state index in [0.29, 0.717) is 13.0 Å². The maximum Gasteiger partial charge on any atom is 0.222 e. The van der Waals surface area contributed by atoms with Gasteiger partial charge in [-0.25, -0.2) is 4.98 Å². The van der Waals surface area contributed by atoms with E-state index in [2.05, 4.69) is 10.3 Å². The number of aromatic nitrogens is 2. The number of imidazole rings is 1. The van der Waals surface area contributed by atoms with E-state index in [-0.39, 0.29) is 5.91 Å². The van der Waals surface area contributed by atoms with Gasteiger partial charge in [-0.15, -0.1) is 0 Å². The molecule has 1 rings (SSSR count). The summed E-state index contributed by atoms with van der Waals surface area (Å²) in [5, 5.41) is 3.24. The Bertz CT molecular complexity index is 376. The standard InChI is InChI=1S/C13H24N4O2/c1-16(2)13(18)5-4-7-17-10-12(15-11-17)9-14-6-8-19-3/h10-11,14H,4-9H2,1-3H3. The first-order valence-electron chi connectivity index (χ1n) is 6.54. The third-order valence-corrected chi connectivity index (χ3v) is 2.78. The highest BCUT2D eigenvalue weighted by Gasteiger charge is 2.04. The number of aryl methyl sites for hydroxylation is 1. The molecule has 6 heteroatoms. The number of nitrogens with one attached hydrogen (secondary N) is 1. The summed E-state index contributed by atoms with van der Waals surface area (Å²) in [6.45, 7) is 3.09. The fourth-order valence-electron chi connectivity index (χ4n) is 1.65. The topological polar surface area (TPSA) is 59.4 Å². The summed E-state index contributed by atoms with van der Waals surface area (Å²) < 4.78 is 6.98. The molecule has 0 saturated carbocycles. The van der Waals surface area contributed by atoms with Gasteiger partial charge in [-0.05, 0) is 6.42 Å². The zero-order valence-corrected chi connectivity index (χ0v) is 12.1. The Labute approximate surface area is 114 Å². The van der Waals surface area contributed by atoms with Crippen molar-refractivity contribution in [1.82, 2.24) is 19.8 Å². The van der Waals surface area contributed by atoms with Gasteiger partial charge in [-0.1, -0.05) is 0 Å². The van der Waals surface area contributed by atoms with Crippen LogP contribution in [0.3, 0.4) is 0 Å². The predicted octanol–water partition coefficient (Wildman–Crippen LogP) is 0.488. The number of rotatable bonds is 9. The minimum Gasteiger partial charge on any atom is -0.383 e. The third-order valence-electron chi connectivity index (χ3n) is 2.78. The van der Waals surface area contributed by atoms with E-state index in [9.17, 15) is 4.79 Å². The van der Waals surface area contributed by atoms with Crippen LogP contribution in [0.4, 0.5) is 0 Å². The van der Waals surface area contributed by atoms with Crippen molar-refractivity contribution >= 4 is 5.91 Å². The number of nitrogens with zero attached hydrogens (tertiary/aromatic N) is 3. The van der Waals surface area contributed by atoms with E-state index in [1.807, 2.05) is 17.1 Å². The van der Waals surface area contributed by atoms with Crippen LogP contribution in [0, 0.1) is 0 Å². The van der Waals surface area contributed by atoms with Gasteiger partial charge in [0.2, 0.25) is 5.91 Å². The fourth-order valence-corrected chi connectivity index (χ4v) is 1.65. The molecule has 1 amide bonds. The largest absolute Gasteiger partial charge is 0.383 e. The molecular formula is C13H24N4O2. The number of ether oxygens (including phenoxy) is 1. The summed E-state index contributed by atoms with van der Waals surface area (Å²) in [4.78, 5) is 17.4. The monoisotopic (exact) mass is 268 g/mol. The molecule has 6 nitrogen and oxygen atoms in total. The molecule has 1 heterocycles. The molecule has 0 aliphatic rings. The average molecular weight is 268 g/mol. The van der Waals surface area contributed by atoms with Gasteiger partial charge in [-0.3, -0.25) is 4.79 Å². The molecule has 1 aromatic heterocycles. The predicted molar refractivity (Wildman–Crippen MR) is 73.7 cm³/mol. The molecule has 0 unspecified atom stereocenters. The first-order valence-corrected chi connectivity index (χ1v) is 6.54. The van der Waals surface area contributed by atoms with Crippen molar-refractivity contribution in [3.05, 3.63) is 18.2 Å². The molecule has 19 heavy (non-hydrogen) atoms. The maximum absolute atomic E-state index is 11.4. The van der Waals surface area contributed by atoms with E-state index < -0.39 is 0 Å². The second-order valence-corrected chi connectivity index (χ2v) is 4.66. The zero-order valence-electron chi connectivity index (χ0n) is 12.1. The smallest absolute Gasteiger partial charge is 0.222 e. The fraction of sp³-hybridized carbons (Fsp3) is 0.692. The van der Waals surface area contributed by atoms with E-state index in [1.165, 1.54) is 0 Å². The lowest BCUT2D eigenvalue weighted by Crippen LogP contribution is -2.21. The van der Waals surface area contributed by atoms with Crippen molar-refractivity contribution in [2.45, 2.75) is 25.9 Å². The minimum atomic E-state index is 0.168. The molecule has 0 bridgehead atoms. The summed E-state index contributed by atoms with van der Waals surface area (Å²) in [5.74, 6) is 0.168. The molecule has 0 aliphatic carbocycles. The van der Waals surface area contributed by atoms with Gasteiger partial charge in [0.1, 0.15) is 0 Å². The SMILES string of the molecule is COCCNCc1cn(CCCC(=O)N(C)C)cn1. The van der Waals surface area contributed by atoms with Gasteiger partial charge >= 0.3 is 0 Å². The van der Waals surface area contributed by atoms with Gasteiger partial charge < -0.3 is 19.5 Å². The Morgan fingerprint density at radius 3 is 3.00 bits per heavy atom. The van der Waals surface area contributed by atoms with Gasteiger partial charge in [0.25, 0.3) is 0 Å². The molecule has 0 fully saturated rings. The molecule has 108 valence electrons. The molecule has 0 radical (unpaired) electrons. The Balaban J connectivity index is 2.21. The van der Waals surface area contributed by atoms with Crippen LogP contribution in [-0.4, -0.2) is 54.7 Å². The molecule has 0 atom stereocenters. The Kier molecular flexibility index (Phi) is 7.14. The zero-order chi connectivity index (χ0) is 14.1. The lowest BCUT2D eigenvalue weighted by Gasteiger charge is -2.09. The molecule has 0 aliphatic heterocycles. The van der Waals surface area contributed by atoms with Crippen LogP contribution in [0.15, 0.2) is 12.5 Å². The lowest BCUT2D eigenvalue weighted by atomic mass is 10.3. The van der Waals surface area contributed by atoms with E-state index in [1.54, 1.807) is 26.1 Å². The highest BCUT2D eigenvalue weighted by atomic mass is 16.5. The second-order valence-electron chi connectivity index (χ2n) is 4.66. The second kappa shape index (κ2) is 8.66. The van der Waals surface area contributed by atoms with Gasteiger partial charge in [0.05, 0.1) is 18.6 Å². The molecule has 1 N–H and O–H groups in total. The number of hydrogen-bond acceptors (Lipinski definition) is 4. The summed E-state index contributed by atoms with van der Waals surface area (Å²) in [5.41, 5.74) is 1.01. The van der Waals surface area contributed by atoms with Crippen molar-refractivity contribution in [3.8, 4) is 0 Å². The van der Waals surface area contributed by atoms with Crippen LogP contribution in [0.5, 0.6) is 0 Å². The van der Waals surface area contributed by atoms with Crippen molar-refractivity contribution in [1.29, 1.82) is 0 Å². The first kappa shape index (κ1) is 15.7. The highest BCUT2D eigenvalue weighted by molar-refractivity contribution is 5.75. The molecule has 0 saturated heterocycles. The highest BCUT2D eigenvalue weighted by Crippen LogP contribution is 2.01. The Morgan fingerprint density at radius 1 is 1.53 bits per heavy atom. The summed E-state index contributed by atoms with van der Waals surface area (Å²) in [7, 11) is 5.25. The Hall–Kier alpha value is -1.40. The number of methoxy groups -OCH3 is 1. The van der Waals surface area contributed by atoms with Crippen molar-refractivity contribution in [3.63, 3.8) is 0 Å². The minimum absolute atomic E-state index is 0.168. The van der Waals surface area contributed by atoms with Gasteiger partial charge in [-0.2, -0.15) is 0 Å². The molecule has 0 aromatic carbocycles. The normalized spacial score (nSPS) is 10.7. The van der Waals surface area contributed by atoms with Crippen LogP contribution in [0.25, 0.3) is 0 Å². The quantitative estimate of drug-likeness (QED) is 0.662. The van der Waals surface area contributed by atoms with Crippen molar-refractivity contribution < 1.29 is 9.53 Å². The molecular weight excluding hydrogens is 244 g/mol. The first-order chi connectivity index (χ1) is 9.13. The maximum atomic E-state index is 11.4. The van der Waals surface area contributed by atoms with Gasteiger partial charge in [0.15, 0.2) is 0 Å². The van der Waals surface area contributed by atoms with Crippen LogP contribution < -0.4 is 5.32 Å². The van der Waals surface area contributed by atoms with Crippen LogP contribution in [0.1, 0.15) is 18.5 Å². The third kappa shape index (κ3) is 6.35. The number of carbonyl (C=O) groups excluding carboxylic acids is 1. The van der Waals surface area contributed by atoms with E-state index in [4.69, 9.17) is 4.74 Å². The van der Waals surface area contributed by atoms with Crippen LogP contribution in [0.2, 0.25) is 0 Å². The van der Waals surface area contributed by atoms with Gasteiger partial charge in [0, 0.05) is 53.5 Å². The average Bonchev–Trinajstić information content (AvgIpc) is 2.82. The summed E-state index contributed by atoms with van der Waals surface area (Å²) >= 11 is 0. The number of carbonyl (C=O) groups is 1. The summed E-state index contributed by atoms with van der Waals surface area (Å²) in [6.07, 6.45) is 5.24. The van der Waals surface area contributed by atoms with Crippen LogP contribution in [-0.2, 0) is 22.6 Å². The van der Waals surface area contributed by atoms with E-state index >= 15 is 0 Å². The van der Waals surface area contributed by atoms with Crippen molar-refractivity contribution in [2.24, 2.45) is 0 Å². The van der Waals surface area contributed by atoms with E-state index in [0.717, 1.165) is 31.7 Å². The molecule has 0 spiro atoms. The number of hydrogen-bond donors (Lipinski definition) is 1. The van der Waals surface area contributed by atoms with Crippen molar-refractivity contribution in [2.75, 3.05) is 34.4 Å². The Morgan fingerprint density at radius 2 is 2.32 bits per heavy atom. The summed E-state index contributed by atoms with van der Waals surface area (Å²) in [6, 6.07) is 0.